The Bertz CT molecular complexity index is 758. The quantitative estimate of drug-likeness (QED) is 0.844. The first kappa shape index (κ1) is 20.3. The smallest absolute Gasteiger partial charge is 0.248 e. The Morgan fingerprint density at radius 2 is 1.64 bits per heavy atom. The number of ether oxygens (including phenoxy) is 2. The maximum atomic E-state index is 12.3. The fourth-order valence-corrected chi connectivity index (χ4v) is 2.68. The molecule has 1 amide bonds. The predicted molar refractivity (Wildman–Crippen MR) is 101 cm³/mol. The number of benzene rings is 2. The minimum absolute atomic E-state index is 0. The molecule has 5 nitrogen and oxygen atoms in total. The van der Waals surface area contributed by atoms with Gasteiger partial charge in [0.05, 0.1) is 14.2 Å². The van der Waals surface area contributed by atoms with Crippen molar-refractivity contribution in [3.05, 3.63) is 58.7 Å². The summed E-state index contributed by atoms with van der Waals surface area (Å²) in [6, 6.07) is 9.56. The Balaban J connectivity index is 0.00000312. The third kappa shape index (κ3) is 5.09. The van der Waals surface area contributed by atoms with Gasteiger partial charge in [0.25, 0.3) is 0 Å². The van der Waals surface area contributed by atoms with Crippen LogP contribution in [0.25, 0.3) is 6.08 Å². The van der Waals surface area contributed by atoms with E-state index in [0.717, 1.165) is 22.4 Å². The predicted octanol–water partition coefficient (Wildman–Crippen LogP) is 3.46. The molecular formula is C20H25NO4. The molecule has 3 N–H and O–H groups in total. The van der Waals surface area contributed by atoms with E-state index < -0.39 is 0 Å². The highest BCUT2D eigenvalue weighted by molar-refractivity contribution is 6.03. The number of nitrogens with one attached hydrogen (secondary N) is 1. The van der Waals surface area contributed by atoms with Crippen LogP contribution in [0.15, 0.2) is 36.4 Å². The standard InChI is InChI=1S/C20H23NO3.H2O/c1-13-10-14(2)20(15(3)11-13)21-19(22)9-6-16-12-17(23-4)7-8-18(16)24-5;/h6-12H,1-5H3,(H,21,22);1H2/b9-6+;. The van der Waals surface area contributed by atoms with Gasteiger partial charge in [-0.2, -0.15) is 0 Å². The lowest BCUT2D eigenvalue weighted by atomic mass is 10.1. The van der Waals surface area contributed by atoms with Crippen molar-refractivity contribution >= 4 is 17.7 Å². The molecule has 0 bridgehead atoms. The molecule has 5 heteroatoms. The molecule has 0 aliphatic carbocycles. The van der Waals surface area contributed by atoms with E-state index in [9.17, 15) is 4.79 Å². The zero-order valence-electron chi connectivity index (χ0n) is 15.3. The van der Waals surface area contributed by atoms with Crippen LogP contribution in [0.3, 0.4) is 0 Å². The molecule has 0 aliphatic heterocycles. The minimum atomic E-state index is -0.185. The summed E-state index contributed by atoms with van der Waals surface area (Å²) in [4.78, 5) is 12.3. The van der Waals surface area contributed by atoms with Crippen LogP contribution in [-0.2, 0) is 4.79 Å². The zero-order chi connectivity index (χ0) is 17.7. The number of amides is 1. The van der Waals surface area contributed by atoms with Crippen LogP contribution in [0.5, 0.6) is 11.5 Å². The number of hydrogen-bond donors (Lipinski definition) is 1. The second kappa shape index (κ2) is 8.89. The van der Waals surface area contributed by atoms with E-state index >= 15 is 0 Å². The lowest BCUT2D eigenvalue weighted by Gasteiger charge is -2.11. The molecule has 0 atom stereocenters. The van der Waals surface area contributed by atoms with E-state index in [2.05, 4.69) is 17.4 Å². The van der Waals surface area contributed by atoms with Crippen molar-refractivity contribution in [2.75, 3.05) is 19.5 Å². The van der Waals surface area contributed by atoms with Gasteiger partial charge in [-0.25, -0.2) is 0 Å². The Morgan fingerprint density at radius 1 is 1.00 bits per heavy atom. The lowest BCUT2D eigenvalue weighted by Crippen LogP contribution is -2.10. The first-order valence-corrected chi connectivity index (χ1v) is 7.73. The highest BCUT2D eigenvalue weighted by atomic mass is 16.5. The minimum Gasteiger partial charge on any atom is -0.497 e. The molecule has 0 heterocycles. The number of methoxy groups -OCH3 is 2. The van der Waals surface area contributed by atoms with E-state index in [4.69, 9.17) is 9.47 Å². The SMILES string of the molecule is COc1ccc(OC)c(/C=C/C(=O)Nc2c(C)cc(C)cc2C)c1.O. The first-order valence-electron chi connectivity index (χ1n) is 7.73. The average Bonchev–Trinajstić information content (AvgIpc) is 2.55. The largest absolute Gasteiger partial charge is 0.497 e. The normalized spacial score (nSPS) is 10.3. The molecule has 0 saturated carbocycles. The van der Waals surface area contributed by atoms with Crippen molar-refractivity contribution in [2.45, 2.75) is 20.8 Å². The summed E-state index contributed by atoms with van der Waals surface area (Å²) in [5.74, 6) is 1.21. The molecule has 25 heavy (non-hydrogen) atoms. The fraction of sp³-hybridized carbons (Fsp3) is 0.250. The van der Waals surface area contributed by atoms with Gasteiger partial charge in [0.2, 0.25) is 5.91 Å². The van der Waals surface area contributed by atoms with E-state index in [0.29, 0.717) is 11.5 Å². The van der Waals surface area contributed by atoms with E-state index in [1.807, 2.05) is 39.0 Å². The monoisotopic (exact) mass is 343 g/mol. The Hall–Kier alpha value is -2.79. The number of hydrogen-bond acceptors (Lipinski definition) is 3. The van der Waals surface area contributed by atoms with Crippen molar-refractivity contribution in [2.24, 2.45) is 0 Å². The molecule has 2 rings (SSSR count). The van der Waals surface area contributed by atoms with Crippen LogP contribution in [-0.4, -0.2) is 25.6 Å². The van der Waals surface area contributed by atoms with Gasteiger partial charge in [0, 0.05) is 17.3 Å². The van der Waals surface area contributed by atoms with Gasteiger partial charge in [-0.3, -0.25) is 4.79 Å². The second-order valence-corrected chi connectivity index (χ2v) is 5.70. The summed E-state index contributed by atoms with van der Waals surface area (Å²) in [6.07, 6.45) is 3.21. The Kier molecular flexibility index (Phi) is 7.21. The maximum Gasteiger partial charge on any atom is 0.248 e. The number of anilines is 1. The number of carbonyl (C=O) groups is 1. The number of aryl methyl sites for hydroxylation is 3. The number of carbonyl (C=O) groups excluding carboxylic acids is 1. The average molecular weight is 343 g/mol. The fourth-order valence-electron chi connectivity index (χ4n) is 2.68. The summed E-state index contributed by atoms with van der Waals surface area (Å²) in [5, 5.41) is 2.94. The second-order valence-electron chi connectivity index (χ2n) is 5.70. The number of rotatable bonds is 5. The molecule has 0 spiro atoms. The Labute approximate surface area is 148 Å². The highest BCUT2D eigenvalue weighted by Crippen LogP contribution is 2.25. The Morgan fingerprint density at radius 3 is 2.20 bits per heavy atom. The van der Waals surface area contributed by atoms with Gasteiger partial charge >= 0.3 is 0 Å². The van der Waals surface area contributed by atoms with Crippen LogP contribution in [0.1, 0.15) is 22.3 Å². The van der Waals surface area contributed by atoms with Crippen LogP contribution in [0.2, 0.25) is 0 Å². The van der Waals surface area contributed by atoms with Crippen molar-refractivity contribution in [3.63, 3.8) is 0 Å². The molecule has 0 aromatic heterocycles. The highest BCUT2D eigenvalue weighted by Gasteiger charge is 2.07. The van der Waals surface area contributed by atoms with Crippen LogP contribution in [0, 0.1) is 20.8 Å². The van der Waals surface area contributed by atoms with Crippen molar-refractivity contribution in [1.82, 2.24) is 0 Å². The third-order valence-electron chi connectivity index (χ3n) is 3.78. The summed E-state index contributed by atoms with van der Waals surface area (Å²) in [5.41, 5.74) is 4.92. The lowest BCUT2D eigenvalue weighted by molar-refractivity contribution is -0.111. The van der Waals surface area contributed by atoms with Gasteiger partial charge in [-0.05, 0) is 56.2 Å². The molecule has 0 fully saturated rings. The van der Waals surface area contributed by atoms with Gasteiger partial charge < -0.3 is 20.3 Å². The van der Waals surface area contributed by atoms with Crippen LogP contribution in [0.4, 0.5) is 5.69 Å². The molecule has 0 saturated heterocycles. The topological polar surface area (TPSA) is 79.1 Å². The summed E-state index contributed by atoms with van der Waals surface area (Å²) < 4.78 is 10.5. The van der Waals surface area contributed by atoms with Gasteiger partial charge in [0.1, 0.15) is 11.5 Å². The van der Waals surface area contributed by atoms with Crippen LogP contribution >= 0.6 is 0 Å². The molecular weight excluding hydrogens is 318 g/mol. The first-order chi connectivity index (χ1) is 11.4. The van der Waals surface area contributed by atoms with Crippen LogP contribution < -0.4 is 14.8 Å². The summed E-state index contributed by atoms with van der Waals surface area (Å²) >= 11 is 0. The summed E-state index contributed by atoms with van der Waals surface area (Å²) in [6.45, 7) is 6.02. The van der Waals surface area contributed by atoms with E-state index in [-0.39, 0.29) is 11.4 Å². The zero-order valence-corrected chi connectivity index (χ0v) is 15.3. The molecule has 2 aromatic rings. The van der Waals surface area contributed by atoms with Gasteiger partial charge in [-0.15, -0.1) is 0 Å². The molecule has 0 aliphatic rings. The van der Waals surface area contributed by atoms with E-state index in [1.165, 1.54) is 11.6 Å². The van der Waals surface area contributed by atoms with E-state index in [1.54, 1.807) is 20.3 Å². The molecule has 2 aromatic carbocycles. The third-order valence-corrected chi connectivity index (χ3v) is 3.78. The summed E-state index contributed by atoms with van der Waals surface area (Å²) in [7, 11) is 3.20. The van der Waals surface area contributed by atoms with Gasteiger partial charge in [0.15, 0.2) is 0 Å². The molecule has 134 valence electrons. The van der Waals surface area contributed by atoms with Gasteiger partial charge in [-0.1, -0.05) is 17.7 Å². The molecule has 0 unspecified atom stereocenters. The van der Waals surface area contributed by atoms with Crippen molar-refractivity contribution in [3.8, 4) is 11.5 Å². The molecule has 0 radical (unpaired) electrons. The van der Waals surface area contributed by atoms with Crippen molar-refractivity contribution in [1.29, 1.82) is 0 Å². The van der Waals surface area contributed by atoms with Crippen molar-refractivity contribution < 1.29 is 19.7 Å². The maximum absolute atomic E-state index is 12.3.